The van der Waals surface area contributed by atoms with Gasteiger partial charge in [-0.1, -0.05) is 48.0 Å². The molecule has 0 heterocycles. The van der Waals surface area contributed by atoms with Gasteiger partial charge >= 0.3 is 0 Å². The fourth-order valence-corrected chi connectivity index (χ4v) is 2.68. The van der Waals surface area contributed by atoms with Crippen LogP contribution in [0.25, 0.3) is 0 Å². The van der Waals surface area contributed by atoms with Crippen molar-refractivity contribution in [2.75, 3.05) is 6.54 Å². The molecular formula is C21H25NO3. The molecule has 0 aliphatic heterocycles. The Bertz CT molecular complexity index is 725. The highest BCUT2D eigenvalue weighted by Crippen LogP contribution is 2.13. The highest BCUT2D eigenvalue weighted by molar-refractivity contribution is 5.99. The summed E-state index contributed by atoms with van der Waals surface area (Å²) in [5.74, 6) is -0.244. The summed E-state index contributed by atoms with van der Waals surface area (Å²) in [4.78, 5) is 24.2. The van der Waals surface area contributed by atoms with Crippen LogP contribution in [0.15, 0.2) is 48.5 Å². The maximum Gasteiger partial charge on any atom is 0.220 e. The quantitative estimate of drug-likeness (QED) is 0.727. The third-order valence-corrected chi connectivity index (χ3v) is 4.12. The van der Waals surface area contributed by atoms with E-state index < -0.39 is 6.10 Å². The summed E-state index contributed by atoms with van der Waals surface area (Å²) in [6, 6.07) is 15.4. The predicted molar refractivity (Wildman–Crippen MR) is 98.6 cm³/mol. The molecule has 0 saturated heterocycles. The van der Waals surface area contributed by atoms with Gasteiger partial charge in [0, 0.05) is 31.4 Å². The van der Waals surface area contributed by atoms with Gasteiger partial charge in [-0.2, -0.15) is 0 Å². The first-order valence-corrected chi connectivity index (χ1v) is 8.55. The molecule has 2 aromatic rings. The van der Waals surface area contributed by atoms with Gasteiger partial charge in [-0.15, -0.1) is 0 Å². The van der Waals surface area contributed by atoms with Crippen LogP contribution in [0.2, 0.25) is 0 Å². The lowest BCUT2D eigenvalue weighted by Crippen LogP contribution is -2.33. The molecule has 0 aromatic heterocycles. The number of benzene rings is 2. The van der Waals surface area contributed by atoms with E-state index in [1.807, 2.05) is 62.4 Å². The Balaban J connectivity index is 1.75. The van der Waals surface area contributed by atoms with Crippen molar-refractivity contribution in [3.05, 3.63) is 70.8 Å². The van der Waals surface area contributed by atoms with Gasteiger partial charge in [0.1, 0.15) is 0 Å². The van der Waals surface area contributed by atoms with E-state index in [0.29, 0.717) is 12.0 Å². The standard InChI is InChI=1S/C21H25NO3/c1-15-8-9-16(2)19(12-15)20(24)10-11-21(25)22-14-18(23)13-17-6-4-3-5-7-17/h3-9,12,18,23H,10-11,13-14H2,1-2H3,(H,22,25). The van der Waals surface area contributed by atoms with Gasteiger partial charge in [0.2, 0.25) is 5.91 Å². The summed E-state index contributed by atoms with van der Waals surface area (Å²) in [5, 5.41) is 12.7. The lowest BCUT2D eigenvalue weighted by Gasteiger charge is -2.12. The fourth-order valence-electron chi connectivity index (χ4n) is 2.68. The summed E-state index contributed by atoms with van der Waals surface area (Å²) in [6.07, 6.45) is 0.152. The second-order valence-electron chi connectivity index (χ2n) is 6.39. The van der Waals surface area contributed by atoms with Crippen LogP contribution in [-0.4, -0.2) is 29.4 Å². The van der Waals surface area contributed by atoms with E-state index in [2.05, 4.69) is 5.32 Å². The summed E-state index contributed by atoms with van der Waals surface area (Å²) >= 11 is 0. The third kappa shape index (κ3) is 6.16. The molecule has 132 valence electrons. The van der Waals surface area contributed by atoms with E-state index in [1.165, 1.54) is 0 Å². The molecule has 1 atom stereocenters. The van der Waals surface area contributed by atoms with Crippen molar-refractivity contribution in [1.29, 1.82) is 0 Å². The molecule has 2 rings (SSSR count). The van der Waals surface area contributed by atoms with E-state index in [9.17, 15) is 14.7 Å². The number of hydrogen-bond acceptors (Lipinski definition) is 3. The first-order chi connectivity index (χ1) is 12.0. The number of carbonyl (C=O) groups is 2. The van der Waals surface area contributed by atoms with Crippen molar-refractivity contribution >= 4 is 11.7 Å². The molecule has 0 radical (unpaired) electrons. The van der Waals surface area contributed by atoms with Crippen molar-refractivity contribution in [3.63, 3.8) is 0 Å². The smallest absolute Gasteiger partial charge is 0.220 e. The Morgan fingerprint density at radius 3 is 2.48 bits per heavy atom. The molecule has 0 saturated carbocycles. The minimum atomic E-state index is -0.638. The molecule has 0 aliphatic carbocycles. The first kappa shape index (κ1) is 18.9. The summed E-state index contributed by atoms with van der Waals surface area (Å²) < 4.78 is 0. The Labute approximate surface area is 148 Å². The SMILES string of the molecule is Cc1ccc(C)c(C(=O)CCC(=O)NCC(O)Cc2ccccc2)c1. The predicted octanol–water partition coefficient (Wildman–Crippen LogP) is 2.99. The van der Waals surface area contributed by atoms with Crippen molar-refractivity contribution < 1.29 is 14.7 Å². The molecule has 4 heteroatoms. The molecule has 2 N–H and O–H groups in total. The number of nitrogens with one attached hydrogen (secondary N) is 1. The molecule has 25 heavy (non-hydrogen) atoms. The van der Waals surface area contributed by atoms with Crippen LogP contribution in [0.5, 0.6) is 0 Å². The maximum absolute atomic E-state index is 12.3. The topological polar surface area (TPSA) is 66.4 Å². The minimum absolute atomic E-state index is 0.0267. The number of hydrogen-bond donors (Lipinski definition) is 2. The summed E-state index contributed by atoms with van der Waals surface area (Å²) in [5.41, 5.74) is 3.66. The average molecular weight is 339 g/mol. The first-order valence-electron chi connectivity index (χ1n) is 8.55. The zero-order valence-electron chi connectivity index (χ0n) is 14.8. The number of carbonyl (C=O) groups excluding carboxylic acids is 2. The summed E-state index contributed by atoms with van der Waals surface area (Å²) in [7, 11) is 0. The largest absolute Gasteiger partial charge is 0.391 e. The van der Waals surface area contributed by atoms with Crippen LogP contribution < -0.4 is 5.32 Å². The number of Topliss-reactive ketones (excluding diaryl/α,β-unsaturated/α-hetero) is 1. The van der Waals surface area contributed by atoms with Crippen LogP contribution in [0.4, 0.5) is 0 Å². The van der Waals surface area contributed by atoms with E-state index in [0.717, 1.165) is 16.7 Å². The van der Waals surface area contributed by atoms with Crippen LogP contribution >= 0.6 is 0 Å². The highest BCUT2D eigenvalue weighted by atomic mass is 16.3. The number of aliphatic hydroxyl groups excluding tert-OH is 1. The van der Waals surface area contributed by atoms with Crippen molar-refractivity contribution in [2.24, 2.45) is 0 Å². The van der Waals surface area contributed by atoms with Gasteiger partial charge in [0.15, 0.2) is 5.78 Å². The molecule has 1 amide bonds. The second-order valence-corrected chi connectivity index (χ2v) is 6.39. The number of ketones is 1. The monoisotopic (exact) mass is 339 g/mol. The lowest BCUT2D eigenvalue weighted by molar-refractivity contribution is -0.121. The number of aryl methyl sites for hydroxylation is 2. The van der Waals surface area contributed by atoms with Gasteiger partial charge < -0.3 is 10.4 Å². The van der Waals surface area contributed by atoms with Gasteiger partial charge in [-0.25, -0.2) is 0 Å². The second kappa shape index (κ2) is 9.14. The van der Waals surface area contributed by atoms with Crippen LogP contribution in [-0.2, 0) is 11.2 Å². The third-order valence-electron chi connectivity index (χ3n) is 4.12. The molecule has 4 nitrogen and oxygen atoms in total. The summed E-state index contributed by atoms with van der Waals surface area (Å²) in [6.45, 7) is 4.02. The van der Waals surface area contributed by atoms with Gasteiger partial charge in [0.25, 0.3) is 0 Å². The molecule has 1 unspecified atom stereocenters. The number of amides is 1. The van der Waals surface area contributed by atoms with Crippen LogP contribution in [0.3, 0.4) is 0 Å². The van der Waals surface area contributed by atoms with Crippen LogP contribution in [0, 0.1) is 13.8 Å². The minimum Gasteiger partial charge on any atom is -0.391 e. The average Bonchev–Trinajstić information content (AvgIpc) is 2.60. The number of aliphatic hydroxyl groups is 1. The van der Waals surface area contributed by atoms with Crippen molar-refractivity contribution in [1.82, 2.24) is 5.32 Å². The fraction of sp³-hybridized carbons (Fsp3) is 0.333. The van der Waals surface area contributed by atoms with E-state index in [1.54, 1.807) is 0 Å². The molecule has 0 spiro atoms. The molecule has 2 aromatic carbocycles. The van der Waals surface area contributed by atoms with E-state index in [-0.39, 0.29) is 31.1 Å². The van der Waals surface area contributed by atoms with Crippen molar-refractivity contribution in [3.8, 4) is 0 Å². The maximum atomic E-state index is 12.3. The Hall–Kier alpha value is -2.46. The highest BCUT2D eigenvalue weighted by Gasteiger charge is 2.13. The number of rotatable bonds is 8. The molecule has 0 aliphatic rings. The molecular weight excluding hydrogens is 314 g/mol. The molecule has 0 fully saturated rings. The normalized spacial score (nSPS) is 11.8. The van der Waals surface area contributed by atoms with Gasteiger partial charge in [-0.05, 0) is 31.0 Å². The van der Waals surface area contributed by atoms with Crippen molar-refractivity contribution in [2.45, 2.75) is 39.2 Å². The van der Waals surface area contributed by atoms with E-state index in [4.69, 9.17) is 0 Å². The van der Waals surface area contributed by atoms with Crippen LogP contribution in [0.1, 0.15) is 39.9 Å². The van der Waals surface area contributed by atoms with Gasteiger partial charge in [0.05, 0.1) is 6.10 Å². The lowest BCUT2D eigenvalue weighted by atomic mass is 9.99. The van der Waals surface area contributed by atoms with Gasteiger partial charge in [-0.3, -0.25) is 9.59 Å². The Morgan fingerprint density at radius 2 is 1.76 bits per heavy atom. The molecule has 0 bridgehead atoms. The zero-order valence-corrected chi connectivity index (χ0v) is 14.8. The van der Waals surface area contributed by atoms with E-state index >= 15 is 0 Å². The zero-order chi connectivity index (χ0) is 18.2. The Kier molecular flexibility index (Phi) is 6.90. The Morgan fingerprint density at radius 1 is 1.04 bits per heavy atom.